The fraction of sp³-hybridized carbons (Fsp3) is 0. The lowest BCUT2D eigenvalue weighted by molar-refractivity contribution is 0.673. The second-order valence-corrected chi connectivity index (χ2v) is 13.5. The van der Waals surface area contributed by atoms with E-state index in [0.29, 0.717) is 17.5 Å². The third kappa shape index (κ3) is 4.73. The van der Waals surface area contributed by atoms with Crippen LogP contribution < -0.4 is 0 Å². The molecule has 0 aliphatic rings. The Hall–Kier alpha value is -7.17. The summed E-state index contributed by atoms with van der Waals surface area (Å²) in [6.45, 7) is 0. The van der Waals surface area contributed by atoms with Gasteiger partial charge in [0, 0.05) is 32.8 Å². The summed E-state index contributed by atoms with van der Waals surface area (Å²) in [4.78, 5) is 15.7. The number of benzene rings is 9. The van der Waals surface area contributed by atoms with Gasteiger partial charge in [-0.2, -0.15) is 0 Å². The summed E-state index contributed by atoms with van der Waals surface area (Å²) in [5, 5.41) is 11.3. The predicted octanol–water partition coefficient (Wildman–Crippen LogP) is 13.1. The molecule has 11 rings (SSSR count). The Morgan fingerprint density at radius 1 is 0.321 bits per heavy atom. The fourth-order valence-corrected chi connectivity index (χ4v) is 8.00. The van der Waals surface area contributed by atoms with Crippen LogP contribution in [0.3, 0.4) is 0 Å². The maximum absolute atomic E-state index is 6.55. The van der Waals surface area contributed by atoms with Gasteiger partial charge in [0.05, 0.1) is 0 Å². The lowest BCUT2D eigenvalue weighted by Crippen LogP contribution is -2.01. The van der Waals surface area contributed by atoms with E-state index in [1.807, 2.05) is 12.1 Å². The smallest absolute Gasteiger partial charge is 0.164 e. The quantitative estimate of drug-likeness (QED) is 0.174. The number of furan rings is 1. The minimum absolute atomic E-state index is 0.616. The van der Waals surface area contributed by atoms with Gasteiger partial charge in [0.1, 0.15) is 11.2 Å². The minimum atomic E-state index is 0.616. The second kappa shape index (κ2) is 11.7. The molecule has 0 atom stereocenters. The number of rotatable bonds is 4. The third-order valence-electron chi connectivity index (χ3n) is 10.5. The van der Waals surface area contributed by atoms with Gasteiger partial charge in [0.15, 0.2) is 17.5 Å². The molecule has 0 fully saturated rings. The summed E-state index contributed by atoms with van der Waals surface area (Å²) < 4.78 is 6.55. The molecule has 2 aromatic heterocycles. The topological polar surface area (TPSA) is 51.8 Å². The van der Waals surface area contributed by atoms with Crippen molar-refractivity contribution in [3.8, 4) is 45.3 Å². The first-order chi connectivity index (χ1) is 26.3. The van der Waals surface area contributed by atoms with E-state index >= 15 is 0 Å². The van der Waals surface area contributed by atoms with Crippen LogP contribution in [0.2, 0.25) is 0 Å². The molecule has 0 spiro atoms. The van der Waals surface area contributed by atoms with Crippen LogP contribution in [0.5, 0.6) is 0 Å². The summed E-state index contributed by atoms with van der Waals surface area (Å²) in [7, 11) is 0. The summed E-state index contributed by atoms with van der Waals surface area (Å²) in [5.41, 5.74) is 6.92. The Morgan fingerprint density at radius 2 is 0.906 bits per heavy atom. The van der Waals surface area contributed by atoms with E-state index in [4.69, 9.17) is 19.4 Å². The van der Waals surface area contributed by atoms with Gasteiger partial charge in [-0.3, -0.25) is 0 Å². The van der Waals surface area contributed by atoms with Gasteiger partial charge in [-0.15, -0.1) is 0 Å². The van der Waals surface area contributed by atoms with Crippen LogP contribution in [-0.2, 0) is 0 Å². The molecule has 9 aromatic carbocycles. The van der Waals surface area contributed by atoms with Crippen molar-refractivity contribution < 1.29 is 4.42 Å². The highest BCUT2D eigenvalue weighted by Crippen LogP contribution is 2.42. The normalized spacial score (nSPS) is 11.8. The van der Waals surface area contributed by atoms with Crippen LogP contribution in [0.4, 0.5) is 0 Å². The molecule has 11 aromatic rings. The first-order valence-corrected chi connectivity index (χ1v) is 17.9. The summed E-state index contributed by atoms with van der Waals surface area (Å²) in [6.07, 6.45) is 0. The minimum Gasteiger partial charge on any atom is -0.455 e. The van der Waals surface area contributed by atoms with Gasteiger partial charge in [-0.25, -0.2) is 15.0 Å². The third-order valence-corrected chi connectivity index (χ3v) is 10.5. The molecule has 0 amide bonds. The van der Waals surface area contributed by atoms with E-state index in [9.17, 15) is 0 Å². The molecule has 4 heteroatoms. The molecule has 0 aliphatic carbocycles. The lowest BCUT2D eigenvalue weighted by atomic mass is 9.95. The van der Waals surface area contributed by atoms with Crippen molar-refractivity contribution in [2.75, 3.05) is 0 Å². The maximum Gasteiger partial charge on any atom is 0.164 e. The molecular weight excluding hydrogens is 647 g/mol. The number of hydrogen-bond donors (Lipinski definition) is 0. The zero-order chi connectivity index (χ0) is 34.9. The molecular formula is C49H29N3O. The van der Waals surface area contributed by atoms with Gasteiger partial charge in [-0.1, -0.05) is 158 Å². The first kappa shape index (κ1) is 29.5. The molecule has 0 saturated carbocycles. The highest BCUT2D eigenvalue weighted by Gasteiger charge is 2.19. The predicted molar refractivity (Wildman–Crippen MR) is 219 cm³/mol. The molecule has 53 heavy (non-hydrogen) atoms. The zero-order valence-electron chi connectivity index (χ0n) is 28.5. The van der Waals surface area contributed by atoms with Crippen LogP contribution in [-0.4, -0.2) is 15.0 Å². The second-order valence-electron chi connectivity index (χ2n) is 13.5. The summed E-state index contributed by atoms with van der Waals surface area (Å²) in [6, 6.07) is 61.5. The van der Waals surface area contributed by atoms with Crippen molar-refractivity contribution in [3.63, 3.8) is 0 Å². The Bertz CT molecular complexity index is 3240. The van der Waals surface area contributed by atoms with Gasteiger partial charge < -0.3 is 4.42 Å². The molecule has 0 unspecified atom stereocenters. The van der Waals surface area contributed by atoms with Crippen molar-refractivity contribution in [2.24, 2.45) is 0 Å². The van der Waals surface area contributed by atoms with Crippen molar-refractivity contribution in [2.45, 2.75) is 0 Å². The number of para-hydroxylation sites is 1. The number of fused-ring (bicyclic) bond motifs is 10. The Labute approximate surface area is 304 Å². The molecule has 0 N–H and O–H groups in total. The van der Waals surface area contributed by atoms with Gasteiger partial charge in [0.2, 0.25) is 0 Å². The summed E-state index contributed by atoms with van der Waals surface area (Å²) >= 11 is 0. The largest absolute Gasteiger partial charge is 0.455 e. The Morgan fingerprint density at radius 3 is 1.74 bits per heavy atom. The number of nitrogens with zero attached hydrogens (tertiary/aromatic N) is 3. The van der Waals surface area contributed by atoms with E-state index in [1.165, 1.54) is 16.5 Å². The van der Waals surface area contributed by atoms with Crippen LogP contribution >= 0.6 is 0 Å². The van der Waals surface area contributed by atoms with Crippen LogP contribution in [0, 0.1) is 0 Å². The standard InChI is InChI=1S/C49H29N3O/c1-2-13-31(14-3-1)35-19-10-21-38-36(35)20-11-22-41(38)49-51-47(33-25-24-30-12-4-5-15-32(30)28-33)50-48(52-49)34-26-27-39-37-16-6-7-17-40(37)46-45(43(39)29-34)42-18-8-9-23-44(42)53-46/h1-29H. The highest BCUT2D eigenvalue weighted by atomic mass is 16.3. The average molecular weight is 676 g/mol. The van der Waals surface area contributed by atoms with Gasteiger partial charge >= 0.3 is 0 Å². The number of hydrogen-bond acceptors (Lipinski definition) is 4. The van der Waals surface area contributed by atoms with Crippen LogP contribution in [0.1, 0.15) is 0 Å². The van der Waals surface area contributed by atoms with E-state index in [0.717, 1.165) is 76.3 Å². The number of aromatic nitrogens is 3. The lowest BCUT2D eigenvalue weighted by Gasteiger charge is -2.13. The first-order valence-electron chi connectivity index (χ1n) is 17.9. The monoisotopic (exact) mass is 675 g/mol. The van der Waals surface area contributed by atoms with Crippen LogP contribution in [0.15, 0.2) is 180 Å². The van der Waals surface area contributed by atoms with E-state index in [2.05, 4.69) is 164 Å². The SMILES string of the molecule is c1ccc(-c2cccc3c(-c4nc(-c5ccc6ccccc6c5)nc(-c5ccc6c7ccccc7c7oc8ccccc8c7c6c5)n4)cccc23)cc1. The van der Waals surface area contributed by atoms with Crippen molar-refractivity contribution in [3.05, 3.63) is 176 Å². The maximum atomic E-state index is 6.55. The molecule has 0 bridgehead atoms. The fourth-order valence-electron chi connectivity index (χ4n) is 8.00. The van der Waals surface area contributed by atoms with Gasteiger partial charge in [0.25, 0.3) is 0 Å². The van der Waals surface area contributed by atoms with Gasteiger partial charge in [-0.05, 0) is 67.0 Å². The van der Waals surface area contributed by atoms with Crippen molar-refractivity contribution in [1.29, 1.82) is 0 Å². The molecule has 0 radical (unpaired) electrons. The molecule has 246 valence electrons. The van der Waals surface area contributed by atoms with E-state index in [1.54, 1.807) is 0 Å². The highest BCUT2D eigenvalue weighted by molar-refractivity contribution is 6.30. The Balaban J connectivity index is 1.18. The summed E-state index contributed by atoms with van der Waals surface area (Å²) in [5.74, 6) is 1.88. The van der Waals surface area contributed by atoms with Crippen LogP contribution in [0.25, 0.3) is 110 Å². The molecule has 0 aliphatic heterocycles. The molecule has 2 heterocycles. The Kier molecular flexibility index (Phi) is 6.52. The van der Waals surface area contributed by atoms with Crippen molar-refractivity contribution in [1.82, 2.24) is 15.0 Å². The van der Waals surface area contributed by atoms with Crippen molar-refractivity contribution >= 4 is 65.0 Å². The molecule has 0 saturated heterocycles. The molecule has 4 nitrogen and oxygen atoms in total. The zero-order valence-corrected chi connectivity index (χ0v) is 28.5. The average Bonchev–Trinajstić information content (AvgIpc) is 3.63. The van der Waals surface area contributed by atoms with E-state index in [-0.39, 0.29) is 0 Å². The van der Waals surface area contributed by atoms with E-state index < -0.39 is 0 Å².